The molecule has 1 aliphatic heterocycles. The molecule has 0 aromatic heterocycles. The second-order valence-electron chi connectivity index (χ2n) is 7.39. The summed E-state index contributed by atoms with van der Waals surface area (Å²) >= 11 is 0. The Morgan fingerprint density at radius 2 is 1.47 bits per heavy atom. The number of carbonyl (C=O) groups is 4. The van der Waals surface area contributed by atoms with Gasteiger partial charge in [0.2, 0.25) is 12.4 Å². The average Bonchev–Trinajstić information content (AvgIpc) is 2.71. The van der Waals surface area contributed by atoms with E-state index in [1.54, 1.807) is 6.92 Å². The molecule has 1 aromatic rings. The molecule has 1 aliphatic rings. The summed E-state index contributed by atoms with van der Waals surface area (Å²) < 4.78 is 32.6. The van der Waals surface area contributed by atoms with Gasteiger partial charge in [0, 0.05) is 39.8 Å². The number of benzene rings is 1. The first kappa shape index (κ1) is 26.5. The van der Waals surface area contributed by atoms with Crippen LogP contribution >= 0.6 is 0 Å². The van der Waals surface area contributed by atoms with Crippen LogP contribution in [-0.4, -0.2) is 66.1 Å². The van der Waals surface area contributed by atoms with Crippen molar-refractivity contribution < 1.29 is 52.5 Å². The lowest BCUT2D eigenvalue weighted by Gasteiger charge is -2.44. The first-order chi connectivity index (χ1) is 15.9. The van der Waals surface area contributed by atoms with Crippen molar-refractivity contribution in [3.8, 4) is 5.75 Å². The van der Waals surface area contributed by atoms with Gasteiger partial charge in [-0.2, -0.15) is 0 Å². The summed E-state index contributed by atoms with van der Waals surface area (Å²) in [5, 5.41) is 11.0. The fourth-order valence-corrected chi connectivity index (χ4v) is 3.29. The average molecular weight is 483 g/mol. The molecule has 0 N–H and O–H groups in total. The minimum Gasteiger partial charge on any atom is -0.463 e. The minimum atomic E-state index is -1.43. The number of aryl methyl sites for hydroxylation is 1. The predicted molar refractivity (Wildman–Crippen MR) is 110 cm³/mol. The van der Waals surface area contributed by atoms with E-state index >= 15 is 0 Å². The van der Waals surface area contributed by atoms with Crippen LogP contribution in [0, 0.1) is 17.0 Å². The lowest BCUT2D eigenvalue weighted by molar-refractivity contribution is -0.384. The van der Waals surface area contributed by atoms with Gasteiger partial charge in [-0.1, -0.05) is 0 Å². The zero-order chi connectivity index (χ0) is 25.6. The van der Waals surface area contributed by atoms with Crippen LogP contribution < -0.4 is 4.74 Å². The van der Waals surface area contributed by atoms with E-state index in [0.29, 0.717) is 5.56 Å². The van der Waals surface area contributed by atoms with Gasteiger partial charge >= 0.3 is 23.9 Å². The number of nitro groups is 1. The summed E-state index contributed by atoms with van der Waals surface area (Å²) in [5.41, 5.74) is 0.188. The maximum atomic E-state index is 11.8. The molecule has 186 valence electrons. The van der Waals surface area contributed by atoms with E-state index in [4.69, 9.17) is 28.4 Å². The number of hydrogen-bond donors (Lipinski definition) is 0. The highest BCUT2D eigenvalue weighted by atomic mass is 16.7. The molecule has 0 saturated carbocycles. The molecule has 13 nitrogen and oxygen atoms in total. The van der Waals surface area contributed by atoms with Crippen LogP contribution in [0.4, 0.5) is 5.69 Å². The SMILES string of the molecule is CC(=O)OC[C@H]1O[C@H](Oc2ccc([N+](=O)[O-])cc2C)[C@H](OC(C)=O)[C@@H](OC(C)=O)[C@H]1OC(C)=O. The second kappa shape index (κ2) is 11.4. The lowest BCUT2D eigenvalue weighted by Crippen LogP contribution is -2.63. The first-order valence-electron chi connectivity index (χ1n) is 10.1. The molecule has 1 saturated heterocycles. The summed E-state index contributed by atoms with van der Waals surface area (Å²) in [5.74, 6) is -2.82. The molecular weight excluding hydrogens is 458 g/mol. The summed E-state index contributed by atoms with van der Waals surface area (Å²) in [6, 6.07) is 3.79. The summed E-state index contributed by atoms with van der Waals surface area (Å²) in [6.07, 6.45) is -6.71. The Morgan fingerprint density at radius 1 is 0.912 bits per heavy atom. The van der Waals surface area contributed by atoms with E-state index in [9.17, 15) is 29.3 Å². The highest BCUT2D eigenvalue weighted by molar-refractivity contribution is 5.68. The fraction of sp³-hybridized carbons (Fsp3) is 0.524. The molecule has 0 radical (unpaired) electrons. The Balaban J connectivity index is 2.49. The Labute approximate surface area is 194 Å². The molecule has 0 aliphatic carbocycles. The van der Waals surface area contributed by atoms with Gasteiger partial charge in [-0.05, 0) is 18.6 Å². The van der Waals surface area contributed by atoms with Crippen molar-refractivity contribution in [3.05, 3.63) is 33.9 Å². The maximum Gasteiger partial charge on any atom is 0.303 e. The Kier molecular flexibility index (Phi) is 8.90. The van der Waals surface area contributed by atoms with Gasteiger partial charge in [0.05, 0.1) is 4.92 Å². The summed E-state index contributed by atoms with van der Waals surface area (Å²) in [7, 11) is 0. The Morgan fingerprint density at radius 3 is 1.97 bits per heavy atom. The van der Waals surface area contributed by atoms with E-state index in [-0.39, 0.29) is 11.4 Å². The molecule has 0 unspecified atom stereocenters. The first-order valence-corrected chi connectivity index (χ1v) is 10.1. The molecule has 2 rings (SSSR count). The number of non-ortho nitro benzene ring substituents is 1. The van der Waals surface area contributed by atoms with Crippen LogP contribution in [0.1, 0.15) is 33.3 Å². The smallest absolute Gasteiger partial charge is 0.303 e. The van der Waals surface area contributed by atoms with E-state index in [1.807, 2.05) is 0 Å². The van der Waals surface area contributed by atoms with Gasteiger partial charge in [-0.25, -0.2) is 0 Å². The van der Waals surface area contributed by atoms with Crippen molar-refractivity contribution in [1.29, 1.82) is 0 Å². The number of hydrogen-bond acceptors (Lipinski definition) is 12. The number of carbonyl (C=O) groups excluding carboxylic acids is 4. The molecule has 5 atom stereocenters. The number of ether oxygens (including phenoxy) is 6. The van der Waals surface area contributed by atoms with Crippen LogP contribution in [0.5, 0.6) is 5.75 Å². The van der Waals surface area contributed by atoms with Gasteiger partial charge in [-0.3, -0.25) is 29.3 Å². The van der Waals surface area contributed by atoms with Crippen molar-refractivity contribution in [1.82, 2.24) is 0 Å². The van der Waals surface area contributed by atoms with E-state index < -0.39 is 66.1 Å². The van der Waals surface area contributed by atoms with E-state index in [1.165, 1.54) is 18.2 Å². The van der Waals surface area contributed by atoms with E-state index in [0.717, 1.165) is 27.7 Å². The highest BCUT2D eigenvalue weighted by Gasteiger charge is 2.53. The summed E-state index contributed by atoms with van der Waals surface area (Å²) in [6.45, 7) is 5.61. The normalized spacial score (nSPS) is 23.9. The molecule has 1 aromatic carbocycles. The van der Waals surface area contributed by atoms with Gasteiger partial charge in [-0.15, -0.1) is 0 Å². The van der Waals surface area contributed by atoms with Crippen molar-refractivity contribution >= 4 is 29.6 Å². The number of nitrogens with zero attached hydrogens (tertiary/aromatic N) is 1. The van der Waals surface area contributed by atoms with Crippen molar-refractivity contribution in [2.75, 3.05) is 6.61 Å². The second-order valence-corrected chi connectivity index (χ2v) is 7.39. The third kappa shape index (κ3) is 7.13. The fourth-order valence-electron chi connectivity index (χ4n) is 3.29. The molecule has 13 heteroatoms. The number of esters is 4. The number of rotatable bonds is 8. The third-order valence-electron chi connectivity index (χ3n) is 4.56. The molecule has 1 fully saturated rings. The standard InChI is InChI=1S/C21H25NO12/c1-10-8-15(22(27)28)6-7-16(10)33-21-20(32-14(5)26)19(31-13(4)25)18(30-12(3)24)17(34-21)9-29-11(2)23/h6-8,17-21H,9H2,1-5H3/t17-,18+,19+,20-,21+/m1/s1. The van der Waals surface area contributed by atoms with Gasteiger partial charge in [0.1, 0.15) is 18.5 Å². The molecule has 0 spiro atoms. The quantitative estimate of drug-likeness (QED) is 0.226. The molecule has 1 heterocycles. The molecule has 0 bridgehead atoms. The van der Waals surface area contributed by atoms with Crippen LogP contribution in [0.3, 0.4) is 0 Å². The monoisotopic (exact) mass is 483 g/mol. The Hall–Kier alpha value is -3.74. The van der Waals surface area contributed by atoms with Crippen LogP contribution in [0.25, 0.3) is 0 Å². The van der Waals surface area contributed by atoms with E-state index in [2.05, 4.69) is 0 Å². The van der Waals surface area contributed by atoms with Crippen molar-refractivity contribution in [2.24, 2.45) is 0 Å². The number of nitro benzene ring substituents is 1. The molecule has 0 amide bonds. The van der Waals surface area contributed by atoms with Crippen LogP contribution in [-0.2, 0) is 42.9 Å². The van der Waals surface area contributed by atoms with Gasteiger partial charge < -0.3 is 28.4 Å². The maximum absolute atomic E-state index is 11.8. The van der Waals surface area contributed by atoms with Crippen LogP contribution in [0.15, 0.2) is 18.2 Å². The third-order valence-corrected chi connectivity index (χ3v) is 4.56. The lowest BCUT2D eigenvalue weighted by atomic mass is 9.98. The molecule has 34 heavy (non-hydrogen) atoms. The largest absolute Gasteiger partial charge is 0.463 e. The Bertz CT molecular complexity index is 961. The van der Waals surface area contributed by atoms with Crippen molar-refractivity contribution in [3.63, 3.8) is 0 Å². The molecular formula is C21H25NO12. The predicted octanol–water partition coefficient (Wildman–Crippen LogP) is 1.37. The van der Waals surface area contributed by atoms with Crippen molar-refractivity contribution in [2.45, 2.75) is 65.3 Å². The zero-order valence-electron chi connectivity index (χ0n) is 19.2. The minimum absolute atomic E-state index is 0.145. The van der Waals surface area contributed by atoms with Gasteiger partial charge in [0.25, 0.3) is 5.69 Å². The van der Waals surface area contributed by atoms with Gasteiger partial charge in [0.15, 0.2) is 12.2 Å². The topological polar surface area (TPSA) is 167 Å². The van der Waals surface area contributed by atoms with Crippen LogP contribution in [0.2, 0.25) is 0 Å². The highest BCUT2D eigenvalue weighted by Crippen LogP contribution is 2.32. The zero-order valence-corrected chi connectivity index (χ0v) is 19.2. The summed E-state index contributed by atoms with van der Waals surface area (Å²) in [4.78, 5) is 57.2.